The van der Waals surface area contributed by atoms with Crippen LogP contribution in [-0.4, -0.2) is 21.4 Å². The van der Waals surface area contributed by atoms with Crippen molar-refractivity contribution in [3.05, 3.63) is 83.9 Å². The number of hydrogen-bond donors (Lipinski definition) is 3. The van der Waals surface area contributed by atoms with Crippen LogP contribution in [0.25, 0.3) is 0 Å². The number of anilines is 3. The van der Waals surface area contributed by atoms with Crippen molar-refractivity contribution in [3.8, 4) is 0 Å². The van der Waals surface area contributed by atoms with Crippen LogP contribution in [-0.2, 0) is 10.0 Å². The Kier molecular flexibility index (Phi) is 5.77. The monoisotopic (exact) mass is 395 g/mol. The number of carbonyl (C=O) groups is 1. The van der Waals surface area contributed by atoms with E-state index in [4.69, 9.17) is 0 Å². The zero-order chi connectivity index (χ0) is 20.1. The van der Waals surface area contributed by atoms with Gasteiger partial charge in [-0.3, -0.25) is 4.79 Å². The molecule has 0 aliphatic carbocycles. The summed E-state index contributed by atoms with van der Waals surface area (Å²) in [7, 11) is -2.28. The van der Waals surface area contributed by atoms with Gasteiger partial charge < -0.3 is 10.6 Å². The number of carbonyl (C=O) groups excluding carboxylic acids is 1. The highest BCUT2D eigenvalue weighted by atomic mass is 32.2. The minimum atomic E-state index is -3.62. The SMILES string of the molecule is CNS(=O)(=O)c1ccc(C)c(C(=O)Nc2ccc(Nc3ccccc3)cc2)c1. The van der Waals surface area contributed by atoms with Gasteiger partial charge in [0.1, 0.15) is 0 Å². The summed E-state index contributed by atoms with van der Waals surface area (Å²) >= 11 is 0. The Morgan fingerprint density at radius 2 is 1.43 bits per heavy atom. The van der Waals surface area contributed by atoms with Crippen LogP contribution >= 0.6 is 0 Å². The van der Waals surface area contributed by atoms with Gasteiger partial charge in [0.15, 0.2) is 0 Å². The first kappa shape index (κ1) is 19.6. The lowest BCUT2D eigenvalue weighted by atomic mass is 10.1. The summed E-state index contributed by atoms with van der Waals surface area (Å²) in [5.41, 5.74) is 3.47. The molecule has 0 saturated heterocycles. The van der Waals surface area contributed by atoms with Crippen LogP contribution in [0, 0.1) is 6.92 Å². The summed E-state index contributed by atoms with van der Waals surface area (Å²) in [5.74, 6) is -0.366. The average Bonchev–Trinajstić information content (AvgIpc) is 2.70. The van der Waals surface area contributed by atoms with Crippen LogP contribution < -0.4 is 15.4 Å². The molecule has 0 unspecified atom stereocenters. The van der Waals surface area contributed by atoms with Gasteiger partial charge in [-0.2, -0.15) is 0 Å². The zero-order valence-electron chi connectivity index (χ0n) is 15.6. The van der Waals surface area contributed by atoms with Crippen LogP contribution in [0.5, 0.6) is 0 Å². The molecule has 0 aliphatic heterocycles. The molecule has 3 aromatic carbocycles. The van der Waals surface area contributed by atoms with Crippen LogP contribution in [0.2, 0.25) is 0 Å². The van der Waals surface area contributed by atoms with Crippen molar-refractivity contribution in [1.29, 1.82) is 0 Å². The second kappa shape index (κ2) is 8.24. The van der Waals surface area contributed by atoms with E-state index in [1.807, 2.05) is 42.5 Å². The molecule has 3 N–H and O–H groups in total. The van der Waals surface area contributed by atoms with Crippen molar-refractivity contribution in [2.75, 3.05) is 17.7 Å². The van der Waals surface area contributed by atoms with Crippen molar-refractivity contribution >= 4 is 33.0 Å². The summed E-state index contributed by atoms with van der Waals surface area (Å²) in [6.45, 7) is 1.76. The van der Waals surface area contributed by atoms with E-state index in [9.17, 15) is 13.2 Å². The summed E-state index contributed by atoms with van der Waals surface area (Å²) < 4.78 is 26.2. The molecule has 144 valence electrons. The third-order valence-corrected chi connectivity index (χ3v) is 5.65. The minimum Gasteiger partial charge on any atom is -0.356 e. The van der Waals surface area contributed by atoms with Gasteiger partial charge in [-0.05, 0) is 68.1 Å². The Morgan fingerprint density at radius 1 is 0.821 bits per heavy atom. The Labute approximate surface area is 164 Å². The second-order valence-electron chi connectivity index (χ2n) is 6.21. The normalized spacial score (nSPS) is 11.1. The van der Waals surface area contributed by atoms with E-state index >= 15 is 0 Å². The van der Waals surface area contributed by atoms with Gasteiger partial charge in [0.05, 0.1) is 4.90 Å². The smallest absolute Gasteiger partial charge is 0.255 e. The lowest BCUT2D eigenvalue weighted by Gasteiger charge is -2.11. The highest BCUT2D eigenvalue weighted by Crippen LogP contribution is 2.21. The molecular formula is C21H21N3O3S. The van der Waals surface area contributed by atoms with E-state index in [2.05, 4.69) is 15.4 Å². The molecule has 0 aliphatic rings. The molecule has 1 amide bonds. The summed E-state index contributed by atoms with van der Waals surface area (Å²) in [5, 5.41) is 6.07. The van der Waals surface area contributed by atoms with Crippen molar-refractivity contribution in [1.82, 2.24) is 4.72 Å². The summed E-state index contributed by atoms with van der Waals surface area (Å²) in [4.78, 5) is 12.7. The van der Waals surface area contributed by atoms with Gasteiger partial charge in [-0.1, -0.05) is 24.3 Å². The lowest BCUT2D eigenvalue weighted by Crippen LogP contribution is -2.20. The fourth-order valence-corrected chi connectivity index (χ4v) is 3.41. The average molecular weight is 395 g/mol. The molecule has 0 heterocycles. The fourth-order valence-electron chi connectivity index (χ4n) is 2.65. The molecular weight excluding hydrogens is 374 g/mol. The first-order valence-corrected chi connectivity index (χ1v) is 10.1. The topological polar surface area (TPSA) is 87.3 Å². The maximum absolute atomic E-state index is 12.6. The lowest BCUT2D eigenvalue weighted by molar-refractivity contribution is 0.102. The minimum absolute atomic E-state index is 0.0492. The predicted octanol–water partition coefficient (Wildman–Crippen LogP) is 3.90. The Bertz CT molecular complexity index is 1080. The highest BCUT2D eigenvalue weighted by Gasteiger charge is 2.16. The second-order valence-corrected chi connectivity index (χ2v) is 8.09. The van der Waals surface area contributed by atoms with Crippen molar-refractivity contribution < 1.29 is 13.2 Å². The maximum atomic E-state index is 12.6. The van der Waals surface area contributed by atoms with E-state index in [1.54, 1.807) is 25.1 Å². The van der Waals surface area contributed by atoms with Crippen LogP contribution in [0.15, 0.2) is 77.7 Å². The molecule has 0 aromatic heterocycles. The Hall–Kier alpha value is -3.16. The van der Waals surface area contributed by atoms with Crippen molar-refractivity contribution in [2.45, 2.75) is 11.8 Å². The van der Waals surface area contributed by atoms with Crippen LogP contribution in [0.1, 0.15) is 15.9 Å². The van der Waals surface area contributed by atoms with Gasteiger partial charge >= 0.3 is 0 Å². The number of nitrogens with one attached hydrogen (secondary N) is 3. The molecule has 0 fully saturated rings. The zero-order valence-corrected chi connectivity index (χ0v) is 16.4. The number of aryl methyl sites for hydroxylation is 1. The maximum Gasteiger partial charge on any atom is 0.255 e. The fraction of sp³-hybridized carbons (Fsp3) is 0.0952. The third kappa shape index (κ3) is 4.57. The molecule has 3 aromatic rings. The summed E-state index contributed by atoms with van der Waals surface area (Å²) in [6.07, 6.45) is 0. The van der Waals surface area contributed by atoms with E-state index in [-0.39, 0.29) is 10.8 Å². The van der Waals surface area contributed by atoms with Crippen molar-refractivity contribution in [2.24, 2.45) is 0 Å². The molecule has 0 radical (unpaired) electrons. The van der Waals surface area contributed by atoms with Crippen molar-refractivity contribution in [3.63, 3.8) is 0 Å². The van der Waals surface area contributed by atoms with E-state index in [0.29, 0.717) is 16.8 Å². The van der Waals surface area contributed by atoms with E-state index in [0.717, 1.165) is 11.4 Å². The molecule has 0 saturated carbocycles. The Morgan fingerprint density at radius 3 is 2.07 bits per heavy atom. The molecule has 0 spiro atoms. The first-order chi connectivity index (χ1) is 13.4. The summed E-state index contributed by atoms with van der Waals surface area (Å²) in [6, 6.07) is 21.5. The molecule has 6 nitrogen and oxygen atoms in total. The van der Waals surface area contributed by atoms with Gasteiger partial charge in [0, 0.05) is 22.6 Å². The molecule has 0 bridgehead atoms. The third-order valence-electron chi connectivity index (χ3n) is 4.24. The molecule has 28 heavy (non-hydrogen) atoms. The number of hydrogen-bond acceptors (Lipinski definition) is 4. The quantitative estimate of drug-likeness (QED) is 0.591. The highest BCUT2D eigenvalue weighted by molar-refractivity contribution is 7.89. The molecule has 0 atom stereocenters. The number of para-hydroxylation sites is 1. The number of rotatable bonds is 6. The largest absolute Gasteiger partial charge is 0.356 e. The standard InChI is InChI=1S/C21H21N3O3S/c1-15-8-13-19(28(26,27)22-2)14-20(15)21(25)24-18-11-9-17(10-12-18)23-16-6-4-3-5-7-16/h3-14,22-23H,1-2H3,(H,24,25). The number of benzene rings is 3. The predicted molar refractivity (Wildman–Crippen MR) is 112 cm³/mol. The molecule has 3 rings (SSSR count). The first-order valence-electron chi connectivity index (χ1n) is 8.67. The molecule has 7 heteroatoms. The van der Waals surface area contributed by atoms with E-state index < -0.39 is 10.0 Å². The van der Waals surface area contributed by atoms with Gasteiger partial charge in [-0.25, -0.2) is 13.1 Å². The van der Waals surface area contributed by atoms with Gasteiger partial charge in [-0.15, -0.1) is 0 Å². The van der Waals surface area contributed by atoms with Gasteiger partial charge in [0.2, 0.25) is 10.0 Å². The number of sulfonamides is 1. The van der Waals surface area contributed by atoms with Gasteiger partial charge in [0.25, 0.3) is 5.91 Å². The number of amides is 1. The van der Waals surface area contributed by atoms with Crippen LogP contribution in [0.4, 0.5) is 17.1 Å². The van der Waals surface area contributed by atoms with E-state index in [1.165, 1.54) is 19.2 Å². The van der Waals surface area contributed by atoms with Crippen LogP contribution in [0.3, 0.4) is 0 Å². The Balaban J connectivity index is 1.75.